The molecule has 4 atom stereocenters. The van der Waals surface area contributed by atoms with E-state index in [1.165, 1.54) is 6.92 Å². The molecular weight excluding hydrogens is 216 g/mol. The molecule has 0 spiro atoms. The smallest absolute Gasteiger partial charge is 0.302 e. The van der Waals surface area contributed by atoms with Gasteiger partial charge in [0.25, 0.3) is 0 Å². The van der Waals surface area contributed by atoms with Gasteiger partial charge in [-0.1, -0.05) is 0 Å². The first-order valence-electron chi connectivity index (χ1n) is 5.21. The Balaban J connectivity index is 1.99. The highest BCUT2D eigenvalue weighted by Crippen LogP contribution is 2.37. The molecule has 0 bridgehead atoms. The summed E-state index contributed by atoms with van der Waals surface area (Å²) in [7, 11) is 0. The van der Waals surface area contributed by atoms with Crippen molar-refractivity contribution < 1.29 is 28.8 Å². The maximum Gasteiger partial charge on any atom is 0.302 e. The van der Waals surface area contributed by atoms with E-state index in [1.807, 2.05) is 0 Å². The van der Waals surface area contributed by atoms with Crippen molar-refractivity contribution in [3.05, 3.63) is 0 Å². The topological polar surface area (TPSA) is 74.2 Å². The minimum absolute atomic E-state index is 0.0625. The summed E-state index contributed by atoms with van der Waals surface area (Å²) in [6.07, 6.45) is -2.43. The highest BCUT2D eigenvalue weighted by molar-refractivity contribution is 5.65. The molecule has 2 saturated heterocycles. The van der Waals surface area contributed by atoms with Gasteiger partial charge in [-0.3, -0.25) is 4.79 Å². The molecule has 2 rings (SSSR count). The van der Waals surface area contributed by atoms with Crippen molar-refractivity contribution in [2.24, 2.45) is 0 Å². The van der Waals surface area contributed by atoms with E-state index in [0.717, 1.165) is 0 Å². The molecule has 1 N–H and O–H groups in total. The molecule has 2 heterocycles. The normalized spacial score (nSPS) is 40.8. The Bertz CT molecular complexity index is 289. The van der Waals surface area contributed by atoms with Crippen molar-refractivity contribution >= 4 is 5.97 Å². The number of fused-ring (bicyclic) bond motifs is 1. The first kappa shape index (κ1) is 11.8. The molecule has 2 aliphatic rings. The zero-order valence-corrected chi connectivity index (χ0v) is 9.50. The lowest BCUT2D eigenvalue weighted by atomic mass is 10.1. The predicted octanol–water partition coefficient (Wildman–Crippen LogP) is -0.213. The second kappa shape index (κ2) is 3.96. The Morgan fingerprint density at radius 2 is 2.00 bits per heavy atom. The number of esters is 1. The molecule has 0 saturated carbocycles. The average Bonchev–Trinajstić information content (AvgIpc) is 2.59. The van der Waals surface area contributed by atoms with Gasteiger partial charge in [-0.15, -0.1) is 0 Å². The lowest BCUT2D eigenvalue weighted by Gasteiger charge is -2.22. The largest absolute Gasteiger partial charge is 0.463 e. The van der Waals surface area contributed by atoms with Crippen LogP contribution in [0.1, 0.15) is 20.8 Å². The number of carbonyl (C=O) groups is 1. The van der Waals surface area contributed by atoms with Crippen LogP contribution in [0.15, 0.2) is 0 Å². The molecule has 6 nitrogen and oxygen atoms in total. The van der Waals surface area contributed by atoms with E-state index < -0.39 is 30.4 Å². The average molecular weight is 232 g/mol. The molecule has 6 heteroatoms. The Hall–Kier alpha value is -0.690. The Labute approximate surface area is 93.4 Å². The van der Waals surface area contributed by atoms with E-state index in [4.69, 9.17) is 18.9 Å². The zero-order valence-electron chi connectivity index (χ0n) is 9.50. The summed E-state index contributed by atoms with van der Waals surface area (Å²) >= 11 is 0. The Morgan fingerprint density at radius 3 is 2.62 bits per heavy atom. The van der Waals surface area contributed by atoms with Crippen LogP contribution in [0.5, 0.6) is 0 Å². The van der Waals surface area contributed by atoms with Crippen molar-refractivity contribution in [2.75, 3.05) is 6.61 Å². The fourth-order valence-electron chi connectivity index (χ4n) is 1.99. The molecule has 0 aromatic rings. The van der Waals surface area contributed by atoms with Crippen LogP contribution >= 0.6 is 0 Å². The third kappa shape index (κ3) is 2.20. The van der Waals surface area contributed by atoms with E-state index in [2.05, 4.69) is 0 Å². The quantitative estimate of drug-likeness (QED) is 0.664. The van der Waals surface area contributed by atoms with Gasteiger partial charge >= 0.3 is 5.97 Å². The number of carbonyl (C=O) groups excluding carboxylic acids is 1. The molecule has 2 fully saturated rings. The van der Waals surface area contributed by atoms with Gasteiger partial charge in [0.15, 0.2) is 12.1 Å². The third-order valence-corrected chi connectivity index (χ3v) is 2.58. The van der Waals surface area contributed by atoms with Crippen molar-refractivity contribution in [1.82, 2.24) is 0 Å². The summed E-state index contributed by atoms with van der Waals surface area (Å²) in [6, 6.07) is 0. The van der Waals surface area contributed by atoms with Crippen LogP contribution in [0.3, 0.4) is 0 Å². The number of rotatable bonds is 2. The number of hydrogen-bond donors (Lipinski definition) is 1. The predicted molar refractivity (Wildman–Crippen MR) is 51.3 cm³/mol. The van der Waals surface area contributed by atoms with Gasteiger partial charge in [0.1, 0.15) is 24.9 Å². The molecule has 0 radical (unpaired) electrons. The molecule has 92 valence electrons. The second-order valence-electron chi connectivity index (χ2n) is 4.43. The van der Waals surface area contributed by atoms with E-state index in [9.17, 15) is 9.90 Å². The maximum atomic E-state index is 10.7. The van der Waals surface area contributed by atoms with Gasteiger partial charge in [0, 0.05) is 6.92 Å². The Kier molecular flexibility index (Phi) is 2.91. The number of aliphatic hydroxyl groups excluding tert-OH is 1. The highest BCUT2D eigenvalue weighted by Gasteiger charge is 2.55. The minimum atomic E-state index is -1.03. The first-order chi connectivity index (χ1) is 7.39. The van der Waals surface area contributed by atoms with Crippen molar-refractivity contribution in [3.63, 3.8) is 0 Å². The molecule has 2 aliphatic heterocycles. The van der Waals surface area contributed by atoms with E-state index in [0.29, 0.717) is 0 Å². The molecule has 0 aromatic carbocycles. The van der Waals surface area contributed by atoms with Crippen molar-refractivity contribution in [3.8, 4) is 0 Å². The monoisotopic (exact) mass is 232 g/mol. The molecule has 0 amide bonds. The van der Waals surface area contributed by atoms with Gasteiger partial charge in [0.2, 0.25) is 0 Å². The lowest BCUT2D eigenvalue weighted by Crippen LogP contribution is -2.33. The fourth-order valence-corrected chi connectivity index (χ4v) is 1.99. The van der Waals surface area contributed by atoms with Crippen LogP contribution in [0.25, 0.3) is 0 Å². The summed E-state index contributed by atoms with van der Waals surface area (Å²) in [5, 5.41) is 9.60. The second-order valence-corrected chi connectivity index (χ2v) is 4.43. The lowest BCUT2D eigenvalue weighted by molar-refractivity contribution is -0.224. The van der Waals surface area contributed by atoms with Crippen molar-refractivity contribution in [2.45, 2.75) is 51.2 Å². The minimum Gasteiger partial charge on any atom is -0.463 e. The first-order valence-corrected chi connectivity index (χ1v) is 5.21. The molecular formula is C10H16O6. The van der Waals surface area contributed by atoms with E-state index in [1.54, 1.807) is 13.8 Å². The standard InChI is InChI=1S/C10H16O6/c1-5(11)13-4-6-7-8(9(12)14-6)16-10(2,3)15-7/h6-9,12H,4H2,1-3H3/t6-,7-,8-,9-/m1/s1. The van der Waals surface area contributed by atoms with Gasteiger partial charge in [-0.05, 0) is 13.8 Å². The molecule has 0 aromatic heterocycles. The third-order valence-electron chi connectivity index (χ3n) is 2.58. The van der Waals surface area contributed by atoms with Gasteiger partial charge < -0.3 is 24.1 Å². The SMILES string of the molecule is CC(=O)OC[C@H]1O[C@@H](O)[C@@H]2OC(C)(C)O[C@@H]21. The number of ether oxygens (including phenoxy) is 4. The highest BCUT2D eigenvalue weighted by atomic mass is 16.8. The summed E-state index contributed by atoms with van der Waals surface area (Å²) in [4.78, 5) is 10.7. The van der Waals surface area contributed by atoms with Crippen LogP contribution in [0.2, 0.25) is 0 Å². The summed E-state index contributed by atoms with van der Waals surface area (Å²) in [5.41, 5.74) is 0. The maximum absolute atomic E-state index is 10.7. The van der Waals surface area contributed by atoms with Crippen molar-refractivity contribution in [1.29, 1.82) is 0 Å². The Morgan fingerprint density at radius 1 is 1.38 bits per heavy atom. The van der Waals surface area contributed by atoms with Gasteiger partial charge in [0.05, 0.1) is 0 Å². The van der Waals surface area contributed by atoms with Crippen LogP contribution in [-0.2, 0) is 23.7 Å². The van der Waals surface area contributed by atoms with Gasteiger partial charge in [-0.25, -0.2) is 0 Å². The molecule has 0 unspecified atom stereocenters. The van der Waals surface area contributed by atoms with Crippen LogP contribution in [-0.4, -0.2) is 48.1 Å². The summed E-state index contributed by atoms with van der Waals surface area (Å²) in [6.45, 7) is 4.91. The van der Waals surface area contributed by atoms with E-state index >= 15 is 0 Å². The molecule has 16 heavy (non-hydrogen) atoms. The molecule has 0 aliphatic carbocycles. The number of hydrogen-bond acceptors (Lipinski definition) is 6. The van der Waals surface area contributed by atoms with Crippen LogP contribution in [0.4, 0.5) is 0 Å². The summed E-state index contributed by atoms with van der Waals surface area (Å²) in [5.74, 6) is -1.13. The van der Waals surface area contributed by atoms with Gasteiger partial charge in [-0.2, -0.15) is 0 Å². The number of aliphatic hydroxyl groups is 1. The fraction of sp³-hybridized carbons (Fsp3) is 0.900. The van der Waals surface area contributed by atoms with Crippen LogP contribution in [0, 0.1) is 0 Å². The summed E-state index contributed by atoms with van der Waals surface area (Å²) < 4.78 is 21.1. The zero-order chi connectivity index (χ0) is 11.9. The van der Waals surface area contributed by atoms with Crippen LogP contribution < -0.4 is 0 Å². The van der Waals surface area contributed by atoms with E-state index in [-0.39, 0.29) is 12.6 Å².